The number of hydrogen-bond donors (Lipinski definition) is 2. The molecule has 0 aliphatic carbocycles. The van der Waals surface area contributed by atoms with E-state index in [2.05, 4.69) is 29.6 Å². The van der Waals surface area contributed by atoms with E-state index in [0.29, 0.717) is 0 Å². The second-order valence-electron chi connectivity index (χ2n) is 3.33. The molecule has 1 rings (SSSR count). The van der Waals surface area contributed by atoms with Gasteiger partial charge in [0.15, 0.2) is 0 Å². The van der Waals surface area contributed by atoms with E-state index in [9.17, 15) is 0 Å². The van der Waals surface area contributed by atoms with Crippen molar-refractivity contribution in [1.29, 1.82) is 0 Å². The number of benzene rings is 1. The Morgan fingerprint density at radius 1 is 1.31 bits per heavy atom. The molecule has 2 nitrogen and oxygen atoms in total. The predicted molar refractivity (Wildman–Crippen MR) is 56.4 cm³/mol. The molecule has 1 aromatic carbocycles. The van der Waals surface area contributed by atoms with Crippen LogP contribution in [0.25, 0.3) is 0 Å². The van der Waals surface area contributed by atoms with Gasteiger partial charge in [-0.3, -0.25) is 0 Å². The maximum atomic E-state index is 5.56. The Morgan fingerprint density at radius 3 is 2.62 bits per heavy atom. The van der Waals surface area contributed by atoms with Crippen LogP contribution in [0.15, 0.2) is 30.3 Å². The van der Waals surface area contributed by atoms with Gasteiger partial charge in [-0.1, -0.05) is 30.3 Å². The molecule has 13 heavy (non-hydrogen) atoms. The molecule has 0 radical (unpaired) electrons. The van der Waals surface area contributed by atoms with Crippen molar-refractivity contribution in [3.05, 3.63) is 35.9 Å². The van der Waals surface area contributed by atoms with E-state index in [-0.39, 0.29) is 6.17 Å². The lowest BCUT2D eigenvalue weighted by atomic mass is 10.1. The van der Waals surface area contributed by atoms with Crippen LogP contribution in [0.4, 0.5) is 0 Å². The quantitative estimate of drug-likeness (QED) is 0.530. The Morgan fingerprint density at radius 2 is 2.00 bits per heavy atom. The van der Waals surface area contributed by atoms with Crippen LogP contribution in [0.1, 0.15) is 18.9 Å². The van der Waals surface area contributed by atoms with E-state index in [0.717, 1.165) is 19.4 Å². The minimum absolute atomic E-state index is 0.107. The standard InChI is InChI=1S/C11H18N2/c1-10(12)13-9-5-8-11-6-3-2-4-7-11/h2-4,6-7,10,13H,5,8-9,12H2,1H3. The summed E-state index contributed by atoms with van der Waals surface area (Å²) in [6.45, 7) is 2.95. The van der Waals surface area contributed by atoms with Crippen molar-refractivity contribution in [2.75, 3.05) is 6.54 Å². The molecule has 3 N–H and O–H groups in total. The van der Waals surface area contributed by atoms with Crippen molar-refractivity contribution < 1.29 is 0 Å². The van der Waals surface area contributed by atoms with Gasteiger partial charge in [-0.25, -0.2) is 0 Å². The first-order chi connectivity index (χ1) is 6.29. The summed E-state index contributed by atoms with van der Waals surface area (Å²) in [4.78, 5) is 0. The molecular formula is C11H18N2. The van der Waals surface area contributed by atoms with Crippen LogP contribution >= 0.6 is 0 Å². The molecule has 0 saturated carbocycles. The summed E-state index contributed by atoms with van der Waals surface area (Å²) in [5, 5.41) is 3.19. The van der Waals surface area contributed by atoms with E-state index < -0.39 is 0 Å². The van der Waals surface area contributed by atoms with E-state index in [1.54, 1.807) is 0 Å². The second-order valence-corrected chi connectivity index (χ2v) is 3.33. The largest absolute Gasteiger partial charge is 0.316 e. The Hall–Kier alpha value is -0.860. The van der Waals surface area contributed by atoms with Gasteiger partial charge in [0, 0.05) is 0 Å². The zero-order chi connectivity index (χ0) is 9.52. The molecule has 0 bridgehead atoms. The lowest BCUT2D eigenvalue weighted by Crippen LogP contribution is -2.34. The average molecular weight is 178 g/mol. The molecular weight excluding hydrogens is 160 g/mol. The zero-order valence-electron chi connectivity index (χ0n) is 8.16. The summed E-state index contributed by atoms with van der Waals surface area (Å²) in [6.07, 6.45) is 2.38. The van der Waals surface area contributed by atoms with E-state index in [1.807, 2.05) is 13.0 Å². The first-order valence-corrected chi connectivity index (χ1v) is 4.82. The molecule has 72 valence electrons. The van der Waals surface area contributed by atoms with Gasteiger partial charge in [0.1, 0.15) is 0 Å². The molecule has 1 atom stereocenters. The van der Waals surface area contributed by atoms with Crippen molar-refractivity contribution >= 4 is 0 Å². The Bertz CT molecular complexity index is 219. The smallest absolute Gasteiger partial charge is 0.0517 e. The monoisotopic (exact) mass is 178 g/mol. The summed E-state index contributed by atoms with van der Waals surface area (Å²) in [7, 11) is 0. The average Bonchev–Trinajstić information content (AvgIpc) is 2.14. The molecule has 0 spiro atoms. The van der Waals surface area contributed by atoms with E-state index >= 15 is 0 Å². The normalized spacial score (nSPS) is 12.8. The molecule has 0 fully saturated rings. The van der Waals surface area contributed by atoms with Crippen LogP contribution in [0.3, 0.4) is 0 Å². The van der Waals surface area contributed by atoms with Crippen molar-refractivity contribution in [1.82, 2.24) is 5.32 Å². The summed E-state index contributed by atoms with van der Waals surface area (Å²) in [5.41, 5.74) is 6.96. The fourth-order valence-electron chi connectivity index (χ4n) is 1.27. The van der Waals surface area contributed by atoms with Gasteiger partial charge in [0.2, 0.25) is 0 Å². The molecule has 0 heterocycles. The molecule has 0 saturated heterocycles. The van der Waals surface area contributed by atoms with Gasteiger partial charge < -0.3 is 11.1 Å². The third kappa shape index (κ3) is 4.65. The number of nitrogens with two attached hydrogens (primary N) is 1. The summed E-state index contributed by atoms with van der Waals surface area (Å²) < 4.78 is 0. The first-order valence-electron chi connectivity index (χ1n) is 4.82. The van der Waals surface area contributed by atoms with Crippen molar-refractivity contribution in [2.45, 2.75) is 25.9 Å². The van der Waals surface area contributed by atoms with Crippen LogP contribution in [-0.2, 0) is 6.42 Å². The number of aryl methyl sites for hydroxylation is 1. The van der Waals surface area contributed by atoms with E-state index in [4.69, 9.17) is 5.73 Å². The van der Waals surface area contributed by atoms with Gasteiger partial charge in [0.25, 0.3) is 0 Å². The molecule has 2 heteroatoms. The highest BCUT2D eigenvalue weighted by Gasteiger charge is 1.93. The van der Waals surface area contributed by atoms with Crippen LogP contribution in [0.2, 0.25) is 0 Å². The number of hydrogen-bond acceptors (Lipinski definition) is 2. The van der Waals surface area contributed by atoms with Crippen LogP contribution in [0.5, 0.6) is 0 Å². The maximum Gasteiger partial charge on any atom is 0.0517 e. The third-order valence-corrected chi connectivity index (χ3v) is 1.95. The Kier molecular flexibility index (Phi) is 4.50. The molecule has 1 aromatic rings. The van der Waals surface area contributed by atoms with Gasteiger partial charge in [-0.15, -0.1) is 0 Å². The third-order valence-electron chi connectivity index (χ3n) is 1.95. The SMILES string of the molecule is CC(N)NCCCc1ccccc1. The molecule has 0 aliphatic heterocycles. The lowest BCUT2D eigenvalue weighted by molar-refractivity contribution is 0.552. The van der Waals surface area contributed by atoms with Gasteiger partial charge in [-0.05, 0) is 31.9 Å². The highest BCUT2D eigenvalue weighted by Crippen LogP contribution is 2.01. The van der Waals surface area contributed by atoms with E-state index in [1.165, 1.54) is 5.56 Å². The van der Waals surface area contributed by atoms with Crippen LogP contribution in [-0.4, -0.2) is 12.7 Å². The summed E-state index contributed by atoms with van der Waals surface area (Å²) >= 11 is 0. The summed E-state index contributed by atoms with van der Waals surface area (Å²) in [6, 6.07) is 10.5. The number of rotatable bonds is 5. The predicted octanol–water partition coefficient (Wildman–Crippen LogP) is 1.51. The van der Waals surface area contributed by atoms with Crippen LogP contribution in [0, 0.1) is 0 Å². The lowest BCUT2D eigenvalue weighted by Gasteiger charge is -2.07. The minimum Gasteiger partial charge on any atom is -0.316 e. The zero-order valence-corrected chi connectivity index (χ0v) is 8.16. The van der Waals surface area contributed by atoms with Crippen LogP contribution < -0.4 is 11.1 Å². The Labute approximate surface area is 80.1 Å². The topological polar surface area (TPSA) is 38.0 Å². The fourth-order valence-corrected chi connectivity index (χ4v) is 1.27. The summed E-state index contributed by atoms with van der Waals surface area (Å²) in [5.74, 6) is 0. The molecule has 0 aliphatic rings. The van der Waals surface area contributed by atoms with Gasteiger partial charge >= 0.3 is 0 Å². The van der Waals surface area contributed by atoms with Gasteiger partial charge in [0.05, 0.1) is 6.17 Å². The van der Waals surface area contributed by atoms with Gasteiger partial charge in [-0.2, -0.15) is 0 Å². The maximum absolute atomic E-state index is 5.56. The first kappa shape index (κ1) is 10.2. The highest BCUT2D eigenvalue weighted by atomic mass is 15.0. The van der Waals surface area contributed by atoms with Crippen molar-refractivity contribution in [3.8, 4) is 0 Å². The fraction of sp³-hybridized carbons (Fsp3) is 0.455. The molecule has 1 unspecified atom stereocenters. The minimum atomic E-state index is 0.107. The van der Waals surface area contributed by atoms with Crippen molar-refractivity contribution in [3.63, 3.8) is 0 Å². The molecule has 0 amide bonds. The second kappa shape index (κ2) is 5.73. The number of nitrogens with one attached hydrogen (secondary N) is 1. The highest BCUT2D eigenvalue weighted by molar-refractivity contribution is 5.14. The van der Waals surface area contributed by atoms with Crippen molar-refractivity contribution in [2.24, 2.45) is 5.73 Å². The Balaban J connectivity index is 2.13. The molecule has 0 aromatic heterocycles.